The van der Waals surface area contributed by atoms with Gasteiger partial charge in [-0.3, -0.25) is 4.90 Å². The smallest absolute Gasteiger partial charge is 0.321 e. The van der Waals surface area contributed by atoms with Crippen molar-refractivity contribution in [1.82, 2.24) is 5.32 Å². The van der Waals surface area contributed by atoms with Gasteiger partial charge in [0.1, 0.15) is 0 Å². The van der Waals surface area contributed by atoms with Crippen molar-refractivity contribution in [1.29, 1.82) is 0 Å². The number of rotatable bonds is 3. The molecule has 0 bridgehead atoms. The summed E-state index contributed by atoms with van der Waals surface area (Å²) in [5, 5.41) is 3.12. The molecule has 2 fully saturated rings. The van der Waals surface area contributed by atoms with Gasteiger partial charge in [-0.25, -0.2) is 4.79 Å². The van der Waals surface area contributed by atoms with Crippen molar-refractivity contribution in [3.63, 3.8) is 0 Å². The van der Waals surface area contributed by atoms with Crippen molar-refractivity contribution in [3.8, 4) is 0 Å². The summed E-state index contributed by atoms with van der Waals surface area (Å²) < 4.78 is 0. The van der Waals surface area contributed by atoms with E-state index in [0.717, 1.165) is 31.6 Å². The minimum Gasteiger partial charge on any atom is -0.372 e. The van der Waals surface area contributed by atoms with Crippen molar-refractivity contribution in [3.05, 3.63) is 24.3 Å². The summed E-state index contributed by atoms with van der Waals surface area (Å²) >= 11 is 0. The molecule has 114 valence electrons. The summed E-state index contributed by atoms with van der Waals surface area (Å²) in [6, 6.07) is 8.71. The molecule has 4 heteroatoms. The van der Waals surface area contributed by atoms with Gasteiger partial charge in [0.2, 0.25) is 0 Å². The molecule has 1 aromatic rings. The molecule has 1 aliphatic heterocycles. The van der Waals surface area contributed by atoms with Crippen LogP contribution >= 0.6 is 0 Å². The second-order valence-corrected chi connectivity index (χ2v) is 6.20. The van der Waals surface area contributed by atoms with E-state index in [1.807, 2.05) is 19.2 Å². The quantitative estimate of drug-likeness (QED) is 0.925. The predicted octanol–water partition coefficient (Wildman–Crippen LogP) is 3.38. The molecule has 1 aromatic carbocycles. The van der Waals surface area contributed by atoms with Gasteiger partial charge in [-0.05, 0) is 49.9 Å². The zero-order valence-electron chi connectivity index (χ0n) is 12.8. The van der Waals surface area contributed by atoms with Gasteiger partial charge < -0.3 is 10.2 Å². The van der Waals surface area contributed by atoms with Crippen molar-refractivity contribution in [2.24, 2.45) is 0 Å². The molecule has 1 saturated heterocycles. The summed E-state index contributed by atoms with van der Waals surface area (Å²) in [6.45, 7) is 2.30. The average Bonchev–Trinajstić information content (AvgIpc) is 3.20. The monoisotopic (exact) mass is 287 g/mol. The third kappa shape index (κ3) is 3.31. The zero-order chi connectivity index (χ0) is 14.7. The van der Waals surface area contributed by atoms with E-state index >= 15 is 0 Å². The van der Waals surface area contributed by atoms with E-state index in [9.17, 15) is 4.79 Å². The fraction of sp³-hybridized carbons (Fsp3) is 0.588. The van der Waals surface area contributed by atoms with Crippen LogP contribution in [-0.2, 0) is 0 Å². The van der Waals surface area contributed by atoms with E-state index in [4.69, 9.17) is 0 Å². The zero-order valence-corrected chi connectivity index (χ0v) is 12.8. The SMILES string of the molecule is CN(C(=O)NC1CCCC1)c1ccc(N2CCCC2)cc1. The lowest BCUT2D eigenvalue weighted by atomic mass is 10.2. The average molecular weight is 287 g/mol. The molecule has 1 heterocycles. The van der Waals surface area contributed by atoms with Crippen LogP contribution in [0.25, 0.3) is 0 Å². The number of hydrogen-bond donors (Lipinski definition) is 1. The Morgan fingerprint density at radius 3 is 2.33 bits per heavy atom. The van der Waals surface area contributed by atoms with Gasteiger partial charge in [0, 0.05) is 37.6 Å². The van der Waals surface area contributed by atoms with Gasteiger partial charge in [-0.15, -0.1) is 0 Å². The number of nitrogens with zero attached hydrogens (tertiary/aromatic N) is 2. The van der Waals surface area contributed by atoms with Crippen molar-refractivity contribution < 1.29 is 4.79 Å². The number of urea groups is 1. The number of benzene rings is 1. The summed E-state index contributed by atoms with van der Waals surface area (Å²) in [5.74, 6) is 0. The van der Waals surface area contributed by atoms with Gasteiger partial charge in [0.15, 0.2) is 0 Å². The standard InChI is InChI=1S/C17H25N3O/c1-19(17(21)18-14-6-2-3-7-14)15-8-10-16(11-9-15)20-12-4-5-13-20/h8-11,14H,2-7,12-13H2,1H3,(H,18,21). The van der Waals surface area contributed by atoms with E-state index in [1.54, 1.807) is 4.90 Å². The van der Waals surface area contributed by atoms with Crippen molar-refractivity contribution in [2.45, 2.75) is 44.6 Å². The van der Waals surface area contributed by atoms with Crippen LogP contribution in [0.5, 0.6) is 0 Å². The number of hydrogen-bond acceptors (Lipinski definition) is 2. The highest BCUT2D eigenvalue weighted by Crippen LogP contribution is 2.24. The molecule has 4 nitrogen and oxygen atoms in total. The van der Waals surface area contributed by atoms with Crippen LogP contribution in [0.2, 0.25) is 0 Å². The first kappa shape index (κ1) is 14.2. The summed E-state index contributed by atoms with van der Waals surface area (Å²) in [4.78, 5) is 16.4. The third-order valence-corrected chi connectivity index (χ3v) is 4.70. The van der Waals surface area contributed by atoms with E-state index in [1.165, 1.54) is 31.4 Å². The van der Waals surface area contributed by atoms with E-state index in [0.29, 0.717) is 6.04 Å². The van der Waals surface area contributed by atoms with Crippen LogP contribution in [0, 0.1) is 0 Å². The van der Waals surface area contributed by atoms with Crippen LogP contribution in [-0.4, -0.2) is 32.2 Å². The highest BCUT2D eigenvalue weighted by molar-refractivity contribution is 5.91. The lowest BCUT2D eigenvalue weighted by Crippen LogP contribution is -2.42. The van der Waals surface area contributed by atoms with E-state index in [2.05, 4.69) is 22.3 Å². The molecule has 1 saturated carbocycles. The topological polar surface area (TPSA) is 35.6 Å². The Balaban J connectivity index is 1.60. The molecule has 0 atom stereocenters. The molecule has 0 radical (unpaired) electrons. The molecule has 0 aromatic heterocycles. The number of nitrogens with one attached hydrogen (secondary N) is 1. The van der Waals surface area contributed by atoms with E-state index < -0.39 is 0 Å². The Bertz CT molecular complexity index is 473. The highest BCUT2D eigenvalue weighted by atomic mass is 16.2. The first-order valence-electron chi connectivity index (χ1n) is 8.13. The molecule has 0 spiro atoms. The normalized spacial score (nSPS) is 19.0. The van der Waals surface area contributed by atoms with Gasteiger partial charge >= 0.3 is 6.03 Å². The van der Waals surface area contributed by atoms with Gasteiger partial charge in [-0.1, -0.05) is 12.8 Å². The summed E-state index contributed by atoms with van der Waals surface area (Å²) in [7, 11) is 1.84. The lowest BCUT2D eigenvalue weighted by molar-refractivity contribution is 0.244. The predicted molar refractivity (Wildman–Crippen MR) is 87.1 cm³/mol. The Morgan fingerprint density at radius 1 is 1.10 bits per heavy atom. The van der Waals surface area contributed by atoms with Gasteiger partial charge in [0.25, 0.3) is 0 Å². The van der Waals surface area contributed by atoms with Crippen molar-refractivity contribution >= 4 is 17.4 Å². The minimum atomic E-state index is 0.0100. The maximum absolute atomic E-state index is 12.2. The van der Waals surface area contributed by atoms with Crippen molar-refractivity contribution in [2.75, 3.05) is 29.9 Å². The molecule has 3 rings (SSSR count). The van der Waals surface area contributed by atoms with Crippen LogP contribution in [0.4, 0.5) is 16.2 Å². The summed E-state index contributed by atoms with van der Waals surface area (Å²) in [5.41, 5.74) is 2.22. The second kappa shape index (κ2) is 6.37. The molecular formula is C17H25N3O. The maximum Gasteiger partial charge on any atom is 0.321 e. The molecule has 0 unspecified atom stereocenters. The molecule has 2 aliphatic rings. The fourth-order valence-corrected chi connectivity index (χ4v) is 3.32. The molecular weight excluding hydrogens is 262 g/mol. The largest absolute Gasteiger partial charge is 0.372 e. The Kier molecular flexibility index (Phi) is 4.32. The molecule has 1 aliphatic carbocycles. The first-order valence-corrected chi connectivity index (χ1v) is 8.13. The van der Waals surface area contributed by atoms with E-state index in [-0.39, 0.29) is 6.03 Å². The van der Waals surface area contributed by atoms with Crippen LogP contribution < -0.4 is 15.1 Å². The molecule has 2 amide bonds. The lowest BCUT2D eigenvalue weighted by Gasteiger charge is -2.22. The number of anilines is 2. The van der Waals surface area contributed by atoms with Crippen LogP contribution in [0.3, 0.4) is 0 Å². The van der Waals surface area contributed by atoms with Gasteiger partial charge in [0.05, 0.1) is 0 Å². The van der Waals surface area contributed by atoms with Crippen LogP contribution in [0.15, 0.2) is 24.3 Å². The number of carbonyl (C=O) groups excluding carboxylic acids is 1. The number of amides is 2. The Labute approximate surface area is 127 Å². The Morgan fingerprint density at radius 2 is 1.71 bits per heavy atom. The fourth-order valence-electron chi connectivity index (χ4n) is 3.32. The highest BCUT2D eigenvalue weighted by Gasteiger charge is 2.20. The maximum atomic E-state index is 12.2. The molecule has 21 heavy (non-hydrogen) atoms. The van der Waals surface area contributed by atoms with Crippen LogP contribution in [0.1, 0.15) is 38.5 Å². The Hall–Kier alpha value is -1.71. The second-order valence-electron chi connectivity index (χ2n) is 6.20. The third-order valence-electron chi connectivity index (χ3n) is 4.70. The first-order chi connectivity index (χ1) is 10.2. The minimum absolute atomic E-state index is 0.0100. The van der Waals surface area contributed by atoms with Gasteiger partial charge in [-0.2, -0.15) is 0 Å². The number of carbonyl (C=O) groups is 1. The molecule has 1 N–H and O–H groups in total. The summed E-state index contributed by atoms with van der Waals surface area (Å²) in [6.07, 6.45) is 7.27.